The third kappa shape index (κ3) is 5.42. The zero-order valence-electron chi connectivity index (χ0n) is 18.6. The molecule has 2 aromatic rings. The highest BCUT2D eigenvalue weighted by atomic mass is 19.4. The van der Waals surface area contributed by atoms with Crippen molar-refractivity contribution in [3.8, 4) is 5.75 Å². The molecule has 1 atom stereocenters. The second-order valence-corrected chi connectivity index (χ2v) is 9.34. The average molecular weight is 469 g/mol. The number of halogens is 4. The molecule has 0 radical (unpaired) electrons. The number of ether oxygens (including phenoxy) is 1. The van der Waals surface area contributed by atoms with Crippen molar-refractivity contribution in [1.82, 2.24) is 4.98 Å². The number of benzene rings is 1. The lowest BCUT2D eigenvalue weighted by Gasteiger charge is -2.27. The summed E-state index contributed by atoms with van der Waals surface area (Å²) in [6.07, 6.45) is -1.55. The summed E-state index contributed by atoms with van der Waals surface area (Å²) in [4.78, 5) is 18.5. The lowest BCUT2D eigenvalue weighted by atomic mass is 9.89. The normalized spacial score (nSPS) is 20.3. The lowest BCUT2D eigenvalue weighted by molar-refractivity contribution is -0.130. The summed E-state index contributed by atoms with van der Waals surface area (Å²) in [6.45, 7) is 5.34. The van der Waals surface area contributed by atoms with Gasteiger partial charge in [-0.1, -0.05) is 13.8 Å². The molecular weight excluding hydrogens is 442 g/mol. The lowest BCUT2D eigenvalue weighted by Crippen LogP contribution is -2.29. The van der Waals surface area contributed by atoms with Gasteiger partial charge in [-0.25, -0.2) is 4.39 Å². The predicted molar refractivity (Wildman–Crippen MR) is 114 cm³/mol. The van der Waals surface area contributed by atoms with E-state index in [4.69, 9.17) is 9.15 Å². The van der Waals surface area contributed by atoms with Crippen LogP contribution in [0.15, 0.2) is 22.6 Å². The smallest absolute Gasteiger partial charge is 0.396 e. The fourth-order valence-corrected chi connectivity index (χ4v) is 4.39. The molecule has 33 heavy (non-hydrogen) atoms. The van der Waals surface area contributed by atoms with Gasteiger partial charge in [-0.2, -0.15) is 18.2 Å². The van der Waals surface area contributed by atoms with Crippen LogP contribution in [0.4, 0.5) is 29.3 Å². The first-order chi connectivity index (χ1) is 15.5. The summed E-state index contributed by atoms with van der Waals surface area (Å²) in [5, 5.41) is 2.42. The number of carbonyl (C=O) groups excluding carboxylic acids is 1. The third-order valence-corrected chi connectivity index (χ3v) is 6.26. The molecule has 1 unspecified atom stereocenters. The third-order valence-electron chi connectivity index (χ3n) is 6.26. The van der Waals surface area contributed by atoms with Gasteiger partial charge in [0.05, 0.1) is 0 Å². The van der Waals surface area contributed by atoms with Crippen LogP contribution in [0.25, 0.3) is 0 Å². The van der Waals surface area contributed by atoms with E-state index in [1.165, 1.54) is 12.1 Å². The van der Waals surface area contributed by atoms with Crippen LogP contribution < -0.4 is 15.0 Å². The van der Waals surface area contributed by atoms with Crippen LogP contribution in [-0.2, 0) is 6.42 Å². The number of nitrogens with one attached hydrogen (secondary N) is 1. The fourth-order valence-electron chi connectivity index (χ4n) is 4.39. The Balaban J connectivity index is 1.51. The Morgan fingerprint density at radius 1 is 1.27 bits per heavy atom. The van der Waals surface area contributed by atoms with Crippen LogP contribution in [0.5, 0.6) is 5.75 Å². The van der Waals surface area contributed by atoms with Crippen molar-refractivity contribution in [2.75, 3.05) is 23.3 Å². The molecule has 10 heteroatoms. The van der Waals surface area contributed by atoms with E-state index in [0.717, 1.165) is 38.2 Å². The van der Waals surface area contributed by atoms with Gasteiger partial charge < -0.3 is 19.4 Å². The fraction of sp³-hybridized carbons (Fsp3) is 0.565. The van der Waals surface area contributed by atoms with E-state index in [2.05, 4.69) is 24.1 Å². The minimum atomic E-state index is -4.57. The molecule has 1 aromatic heterocycles. The molecule has 0 spiro atoms. The number of aromatic nitrogens is 1. The number of hydrogen-bond donors (Lipinski definition) is 1. The summed E-state index contributed by atoms with van der Waals surface area (Å²) in [5.74, 6) is -2.05. The highest BCUT2D eigenvalue weighted by Crippen LogP contribution is 2.40. The summed E-state index contributed by atoms with van der Waals surface area (Å²) in [6, 6.07) is 3.93. The van der Waals surface area contributed by atoms with Crippen LogP contribution in [0, 0.1) is 11.2 Å². The average Bonchev–Trinajstić information content (AvgIpc) is 3.43. The van der Waals surface area contributed by atoms with Crippen molar-refractivity contribution in [3.63, 3.8) is 0 Å². The van der Waals surface area contributed by atoms with Gasteiger partial charge in [0.2, 0.25) is 0 Å². The molecule has 1 aromatic carbocycles. The summed E-state index contributed by atoms with van der Waals surface area (Å²) in [7, 11) is 0. The summed E-state index contributed by atoms with van der Waals surface area (Å²) < 4.78 is 64.9. The molecule has 6 nitrogen and oxygen atoms in total. The van der Waals surface area contributed by atoms with Crippen LogP contribution in [0.2, 0.25) is 0 Å². The number of amides is 1. The molecule has 1 saturated heterocycles. The Morgan fingerprint density at radius 3 is 2.61 bits per heavy atom. The van der Waals surface area contributed by atoms with E-state index in [-0.39, 0.29) is 29.0 Å². The Labute approximate surface area is 189 Å². The van der Waals surface area contributed by atoms with Gasteiger partial charge in [0, 0.05) is 30.3 Å². The van der Waals surface area contributed by atoms with Gasteiger partial charge in [0.1, 0.15) is 18.3 Å². The standard InChI is InChI=1S/C23H27F4N3O3/c1-22(2)9-5-6-18(22)32-16-8-7-14(12-15(16)24)28-20(31)19-17(13-23(25,26)27)33-21(29-19)30-10-3-4-11-30/h7-8,12,18H,3-6,9-11,13H2,1-2H3,(H,28,31). The molecule has 1 saturated carbocycles. The Hall–Kier alpha value is -2.78. The number of rotatable bonds is 6. The first-order valence-corrected chi connectivity index (χ1v) is 11.1. The Bertz CT molecular complexity index is 1010. The zero-order valence-corrected chi connectivity index (χ0v) is 18.6. The second kappa shape index (κ2) is 8.87. The first-order valence-electron chi connectivity index (χ1n) is 11.1. The van der Waals surface area contributed by atoms with Crippen LogP contribution in [0.1, 0.15) is 62.2 Å². The first kappa shape index (κ1) is 23.4. The maximum atomic E-state index is 14.7. The number of anilines is 2. The van der Waals surface area contributed by atoms with Crippen molar-refractivity contribution in [2.24, 2.45) is 5.41 Å². The largest absolute Gasteiger partial charge is 0.487 e. The maximum absolute atomic E-state index is 14.7. The van der Waals surface area contributed by atoms with E-state index < -0.39 is 35.8 Å². The molecule has 0 bridgehead atoms. The monoisotopic (exact) mass is 469 g/mol. The molecule has 4 rings (SSSR count). The molecule has 2 fully saturated rings. The molecule has 180 valence electrons. The Kier molecular flexibility index (Phi) is 6.28. The van der Waals surface area contributed by atoms with E-state index >= 15 is 0 Å². The molecule has 2 heterocycles. The van der Waals surface area contributed by atoms with E-state index in [0.29, 0.717) is 13.1 Å². The molecule has 1 amide bonds. The minimum Gasteiger partial charge on any atom is -0.487 e. The van der Waals surface area contributed by atoms with Gasteiger partial charge in [0.15, 0.2) is 17.3 Å². The molecule has 1 aliphatic carbocycles. The van der Waals surface area contributed by atoms with Gasteiger partial charge in [-0.3, -0.25) is 4.79 Å². The molecule has 1 aliphatic heterocycles. The minimum absolute atomic E-state index is 0.00833. The van der Waals surface area contributed by atoms with Crippen molar-refractivity contribution < 1.29 is 31.5 Å². The maximum Gasteiger partial charge on any atom is 0.396 e. The van der Waals surface area contributed by atoms with Crippen molar-refractivity contribution in [3.05, 3.63) is 35.5 Å². The van der Waals surface area contributed by atoms with Crippen molar-refractivity contribution in [2.45, 2.75) is 64.7 Å². The van der Waals surface area contributed by atoms with E-state index in [9.17, 15) is 22.4 Å². The highest BCUT2D eigenvalue weighted by Gasteiger charge is 2.37. The Morgan fingerprint density at radius 2 is 2.00 bits per heavy atom. The number of alkyl halides is 3. The number of oxazole rings is 1. The number of carbonyl (C=O) groups is 1. The summed E-state index contributed by atoms with van der Waals surface area (Å²) in [5.41, 5.74) is -0.435. The van der Waals surface area contributed by atoms with Crippen LogP contribution in [-0.4, -0.2) is 36.3 Å². The molecular formula is C23H27F4N3O3. The van der Waals surface area contributed by atoms with Crippen LogP contribution in [0.3, 0.4) is 0 Å². The van der Waals surface area contributed by atoms with Gasteiger partial charge in [-0.15, -0.1) is 0 Å². The summed E-state index contributed by atoms with van der Waals surface area (Å²) >= 11 is 0. The quantitative estimate of drug-likeness (QED) is 0.548. The molecule has 1 N–H and O–H groups in total. The van der Waals surface area contributed by atoms with Gasteiger partial charge in [0.25, 0.3) is 11.9 Å². The van der Waals surface area contributed by atoms with Gasteiger partial charge >= 0.3 is 6.18 Å². The topological polar surface area (TPSA) is 67.6 Å². The predicted octanol–water partition coefficient (Wildman–Crippen LogP) is 5.73. The van der Waals surface area contributed by atoms with E-state index in [1.807, 2.05) is 0 Å². The SMILES string of the molecule is CC1(C)CCCC1Oc1ccc(NC(=O)c2nc(N3CCCC3)oc2CC(F)(F)F)cc1F. The second-order valence-electron chi connectivity index (χ2n) is 9.34. The molecule has 2 aliphatic rings. The number of hydrogen-bond acceptors (Lipinski definition) is 5. The van der Waals surface area contributed by atoms with E-state index in [1.54, 1.807) is 4.90 Å². The van der Waals surface area contributed by atoms with Gasteiger partial charge in [-0.05, 0) is 44.2 Å². The van der Waals surface area contributed by atoms with Crippen molar-refractivity contribution >= 4 is 17.6 Å². The number of nitrogens with zero attached hydrogens (tertiary/aromatic N) is 2. The van der Waals surface area contributed by atoms with Crippen molar-refractivity contribution in [1.29, 1.82) is 0 Å². The zero-order chi connectivity index (χ0) is 23.8. The van der Waals surface area contributed by atoms with Crippen LogP contribution >= 0.6 is 0 Å². The highest BCUT2D eigenvalue weighted by molar-refractivity contribution is 6.03.